The van der Waals surface area contributed by atoms with E-state index in [4.69, 9.17) is 4.74 Å². The molecule has 0 radical (unpaired) electrons. The summed E-state index contributed by atoms with van der Waals surface area (Å²) in [7, 11) is 0. The van der Waals surface area contributed by atoms with Crippen LogP contribution < -0.4 is 0 Å². The van der Waals surface area contributed by atoms with E-state index in [0.29, 0.717) is 23.3 Å². The number of nitrogens with zero attached hydrogens (tertiary/aromatic N) is 1. The second kappa shape index (κ2) is 7.15. The molecule has 28 heavy (non-hydrogen) atoms. The summed E-state index contributed by atoms with van der Waals surface area (Å²) >= 11 is 0. The molecule has 0 spiro atoms. The van der Waals surface area contributed by atoms with Gasteiger partial charge in [0, 0.05) is 23.6 Å². The van der Waals surface area contributed by atoms with Crippen molar-refractivity contribution in [2.45, 2.75) is 51.6 Å². The molecule has 1 aromatic carbocycles. The van der Waals surface area contributed by atoms with Gasteiger partial charge in [0.2, 0.25) is 0 Å². The first-order valence-corrected chi connectivity index (χ1v) is 10.0. The van der Waals surface area contributed by atoms with E-state index >= 15 is 0 Å². The maximum atomic E-state index is 13.1. The van der Waals surface area contributed by atoms with E-state index < -0.39 is 17.0 Å². The molecule has 0 aromatic heterocycles. The number of carbonyl (C=O) groups is 2. The smallest absolute Gasteiger partial charge is 0.331 e. The van der Waals surface area contributed by atoms with E-state index in [9.17, 15) is 19.7 Å². The van der Waals surface area contributed by atoms with Gasteiger partial charge in [-0.25, -0.2) is 4.79 Å². The average molecular weight is 383 g/mol. The summed E-state index contributed by atoms with van der Waals surface area (Å²) in [5.74, 6) is 1.45. The molecular formula is C22H25NO5. The zero-order valence-electron chi connectivity index (χ0n) is 16.0. The molecule has 4 saturated carbocycles. The van der Waals surface area contributed by atoms with E-state index in [1.165, 1.54) is 43.5 Å². The molecule has 4 bridgehead atoms. The minimum Gasteiger partial charge on any atom is -0.451 e. The number of Topliss-reactive ketones (excluding diaryl/α,β-unsaturated/α-hetero) is 1. The van der Waals surface area contributed by atoms with Gasteiger partial charge in [-0.15, -0.1) is 0 Å². The fourth-order valence-electron chi connectivity index (χ4n) is 6.02. The minimum absolute atomic E-state index is 0.0409. The first-order chi connectivity index (χ1) is 13.3. The molecule has 0 heterocycles. The number of rotatable bonds is 6. The zero-order chi connectivity index (χ0) is 19.9. The highest BCUT2D eigenvalue weighted by molar-refractivity contribution is 5.93. The molecule has 0 aliphatic heterocycles. The van der Waals surface area contributed by atoms with Crippen molar-refractivity contribution in [3.05, 3.63) is 46.0 Å². The molecule has 148 valence electrons. The lowest BCUT2D eigenvalue weighted by molar-refractivity contribution is -0.384. The molecular weight excluding hydrogens is 358 g/mol. The zero-order valence-corrected chi connectivity index (χ0v) is 16.0. The minimum atomic E-state index is -0.765. The lowest BCUT2D eigenvalue weighted by Crippen LogP contribution is -2.52. The predicted octanol–water partition coefficient (Wildman–Crippen LogP) is 4.33. The highest BCUT2D eigenvalue weighted by Crippen LogP contribution is 2.60. The second-order valence-electron chi connectivity index (χ2n) is 8.83. The Labute approximate surface area is 164 Å². The summed E-state index contributed by atoms with van der Waals surface area (Å²) in [5, 5.41) is 10.8. The number of esters is 1. The topological polar surface area (TPSA) is 86.5 Å². The Morgan fingerprint density at radius 3 is 2.36 bits per heavy atom. The molecule has 1 aromatic rings. The van der Waals surface area contributed by atoms with E-state index in [-0.39, 0.29) is 16.9 Å². The van der Waals surface area contributed by atoms with Crippen molar-refractivity contribution >= 4 is 23.5 Å². The predicted molar refractivity (Wildman–Crippen MR) is 103 cm³/mol. The summed E-state index contributed by atoms with van der Waals surface area (Å²) < 4.78 is 5.39. The summed E-state index contributed by atoms with van der Waals surface area (Å²) in [6.07, 6.45) is 8.54. The molecule has 4 aliphatic rings. The van der Waals surface area contributed by atoms with Crippen molar-refractivity contribution in [1.29, 1.82) is 0 Å². The van der Waals surface area contributed by atoms with Gasteiger partial charge in [-0.3, -0.25) is 14.9 Å². The van der Waals surface area contributed by atoms with Crippen molar-refractivity contribution in [2.75, 3.05) is 0 Å². The van der Waals surface area contributed by atoms with E-state index in [2.05, 4.69) is 0 Å². The van der Waals surface area contributed by atoms with Crippen LogP contribution in [0.15, 0.2) is 30.3 Å². The molecule has 0 N–H and O–H groups in total. The first kappa shape index (κ1) is 18.8. The average Bonchev–Trinajstić information content (AvgIpc) is 2.65. The quantitative estimate of drug-likeness (QED) is 0.316. The van der Waals surface area contributed by atoms with Crippen molar-refractivity contribution in [3.8, 4) is 0 Å². The normalized spacial score (nSPS) is 31.7. The Morgan fingerprint density at radius 2 is 1.79 bits per heavy atom. The standard InChI is InChI=1S/C22H25NO5/c1-14(21(25)22-11-16-7-17(12-22)9-18(8-16)13-22)28-20(24)6-5-15-3-2-4-19(10-15)23(26)27/h2-6,10,14,16-18H,7-9,11-13H2,1H3. The number of ketones is 1. The fourth-order valence-corrected chi connectivity index (χ4v) is 6.02. The van der Waals surface area contributed by atoms with Gasteiger partial charge in [0.25, 0.3) is 5.69 Å². The van der Waals surface area contributed by atoms with Crippen LogP contribution in [0.1, 0.15) is 51.0 Å². The number of benzene rings is 1. The maximum Gasteiger partial charge on any atom is 0.331 e. The number of hydrogen-bond acceptors (Lipinski definition) is 5. The number of non-ortho nitro benzene ring substituents is 1. The van der Waals surface area contributed by atoms with Crippen molar-refractivity contribution in [2.24, 2.45) is 23.2 Å². The molecule has 0 amide bonds. The lowest BCUT2D eigenvalue weighted by atomic mass is 9.48. The Hall–Kier alpha value is -2.50. The van der Waals surface area contributed by atoms with Gasteiger partial charge < -0.3 is 4.74 Å². The van der Waals surface area contributed by atoms with E-state index in [1.54, 1.807) is 19.1 Å². The van der Waals surface area contributed by atoms with Crippen molar-refractivity contribution in [1.82, 2.24) is 0 Å². The van der Waals surface area contributed by atoms with Gasteiger partial charge in [0.05, 0.1) is 4.92 Å². The van der Waals surface area contributed by atoms with Gasteiger partial charge in [-0.05, 0) is 74.8 Å². The fraction of sp³-hybridized carbons (Fsp3) is 0.545. The number of nitro groups is 1. The van der Waals surface area contributed by atoms with Crippen LogP contribution in [0.3, 0.4) is 0 Å². The van der Waals surface area contributed by atoms with Gasteiger partial charge in [0.15, 0.2) is 11.9 Å². The lowest BCUT2D eigenvalue weighted by Gasteiger charge is -2.56. The summed E-state index contributed by atoms with van der Waals surface area (Å²) in [4.78, 5) is 35.7. The van der Waals surface area contributed by atoms with Gasteiger partial charge in [0.1, 0.15) is 0 Å². The molecule has 4 fully saturated rings. The molecule has 5 rings (SSSR count). The number of carbonyl (C=O) groups excluding carboxylic acids is 2. The third-order valence-electron chi connectivity index (χ3n) is 6.72. The van der Waals surface area contributed by atoms with Gasteiger partial charge in [-0.1, -0.05) is 12.1 Å². The highest BCUT2D eigenvalue weighted by Gasteiger charge is 2.55. The van der Waals surface area contributed by atoms with Crippen molar-refractivity contribution < 1.29 is 19.2 Å². The summed E-state index contributed by atoms with van der Waals surface area (Å²) in [6.45, 7) is 1.67. The Kier molecular flexibility index (Phi) is 4.81. The maximum absolute atomic E-state index is 13.1. The van der Waals surface area contributed by atoms with Crippen LogP contribution >= 0.6 is 0 Å². The number of nitro benzene ring substituents is 1. The summed E-state index contributed by atoms with van der Waals surface area (Å²) in [5.41, 5.74) is 0.199. The number of ether oxygens (including phenoxy) is 1. The largest absolute Gasteiger partial charge is 0.451 e. The monoisotopic (exact) mass is 383 g/mol. The molecule has 1 atom stereocenters. The van der Waals surface area contributed by atoms with Crippen LogP contribution in [-0.4, -0.2) is 22.8 Å². The van der Waals surface area contributed by atoms with Crippen LogP contribution in [0.4, 0.5) is 5.69 Å². The summed E-state index contributed by atoms with van der Waals surface area (Å²) in [6, 6.07) is 6.00. The Morgan fingerprint density at radius 1 is 1.18 bits per heavy atom. The second-order valence-corrected chi connectivity index (χ2v) is 8.83. The van der Waals surface area contributed by atoms with Crippen LogP contribution in [0.2, 0.25) is 0 Å². The molecule has 0 saturated heterocycles. The third kappa shape index (κ3) is 3.60. The van der Waals surface area contributed by atoms with Gasteiger partial charge >= 0.3 is 5.97 Å². The van der Waals surface area contributed by atoms with Crippen LogP contribution in [0.25, 0.3) is 6.08 Å². The highest BCUT2D eigenvalue weighted by atomic mass is 16.6. The van der Waals surface area contributed by atoms with Gasteiger partial charge in [-0.2, -0.15) is 0 Å². The first-order valence-electron chi connectivity index (χ1n) is 10.0. The molecule has 1 unspecified atom stereocenters. The van der Waals surface area contributed by atoms with Crippen LogP contribution in [0.5, 0.6) is 0 Å². The Bertz CT molecular complexity index is 808. The van der Waals surface area contributed by atoms with Crippen molar-refractivity contribution in [3.63, 3.8) is 0 Å². The number of hydrogen-bond donors (Lipinski definition) is 0. The third-order valence-corrected chi connectivity index (χ3v) is 6.72. The van der Waals surface area contributed by atoms with Crippen LogP contribution in [-0.2, 0) is 14.3 Å². The molecule has 6 heteroatoms. The Balaban J connectivity index is 1.39. The molecule has 6 nitrogen and oxygen atoms in total. The van der Waals surface area contributed by atoms with E-state index in [0.717, 1.165) is 19.3 Å². The van der Waals surface area contributed by atoms with Crippen LogP contribution in [0, 0.1) is 33.3 Å². The molecule has 4 aliphatic carbocycles. The SMILES string of the molecule is CC(OC(=O)C=Cc1cccc([N+](=O)[O-])c1)C(=O)C12CC3CC(CC(C3)C1)C2. The van der Waals surface area contributed by atoms with E-state index in [1.807, 2.05) is 0 Å².